The number of ether oxygens (including phenoxy) is 1. The monoisotopic (exact) mass is 476 g/mol. The van der Waals surface area contributed by atoms with E-state index in [1.165, 1.54) is 11.1 Å². The van der Waals surface area contributed by atoms with Gasteiger partial charge in [-0.25, -0.2) is 4.79 Å². The SMILES string of the molecule is CCCC(CC(=O)N1CCC2C(C1)C2C(=O)O)NC(=O)OCC1c2ccccc2-c2ccccc21. The number of carboxylic acids is 1. The number of carbonyl (C=O) groups excluding carboxylic acids is 2. The number of nitrogens with one attached hydrogen (secondary N) is 1. The lowest BCUT2D eigenvalue weighted by Crippen LogP contribution is -2.43. The van der Waals surface area contributed by atoms with Crippen LogP contribution in [0.25, 0.3) is 11.1 Å². The molecule has 4 unspecified atom stereocenters. The van der Waals surface area contributed by atoms with E-state index in [4.69, 9.17) is 4.74 Å². The summed E-state index contributed by atoms with van der Waals surface area (Å²) in [6, 6.07) is 16.1. The van der Waals surface area contributed by atoms with Crippen LogP contribution in [-0.2, 0) is 14.3 Å². The molecule has 5 rings (SSSR count). The number of nitrogens with zero attached hydrogens (tertiary/aromatic N) is 1. The Morgan fingerprint density at radius 2 is 1.71 bits per heavy atom. The zero-order valence-corrected chi connectivity index (χ0v) is 20.0. The van der Waals surface area contributed by atoms with Crippen LogP contribution in [-0.4, -0.2) is 53.7 Å². The van der Waals surface area contributed by atoms with Crippen molar-refractivity contribution in [2.45, 2.75) is 44.6 Å². The van der Waals surface area contributed by atoms with Gasteiger partial charge in [0.25, 0.3) is 0 Å². The quantitative estimate of drug-likeness (QED) is 0.593. The lowest BCUT2D eigenvalue weighted by Gasteiger charge is -2.28. The standard InChI is InChI=1S/C28H32N2O5/c1-2-7-17(14-25(31)30-13-12-22-23(15-30)26(22)27(32)33)29-28(34)35-16-24-20-10-5-3-8-18(20)19-9-4-6-11-21(19)24/h3-6,8-11,17,22-24,26H,2,7,12-16H2,1H3,(H,29,34)(H,32,33). The van der Waals surface area contributed by atoms with E-state index in [0.29, 0.717) is 19.5 Å². The molecule has 7 nitrogen and oxygen atoms in total. The average Bonchev–Trinajstić information content (AvgIpc) is 3.50. The van der Waals surface area contributed by atoms with E-state index in [2.05, 4.69) is 29.6 Å². The molecule has 1 saturated heterocycles. The molecule has 0 bridgehead atoms. The molecule has 1 aliphatic heterocycles. The molecular formula is C28H32N2O5. The van der Waals surface area contributed by atoms with Gasteiger partial charge in [-0.15, -0.1) is 0 Å². The molecule has 0 radical (unpaired) electrons. The Kier molecular flexibility index (Phi) is 6.50. The number of hydrogen-bond acceptors (Lipinski definition) is 4. The Balaban J connectivity index is 1.16. The Morgan fingerprint density at radius 3 is 2.34 bits per heavy atom. The molecule has 184 valence electrons. The fourth-order valence-corrected chi connectivity index (χ4v) is 6.05. The van der Waals surface area contributed by atoms with Crippen molar-refractivity contribution in [3.63, 3.8) is 0 Å². The van der Waals surface area contributed by atoms with E-state index in [-0.39, 0.29) is 48.6 Å². The fourth-order valence-electron chi connectivity index (χ4n) is 6.05. The maximum atomic E-state index is 12.9. The first kappa shape index (κ1) is 23.4. The highest BCUT2D eigenvalue weighted by Crippen LogP contribution is 2.51. The molecule has 1 saturated carbocycles. The molecule has 4 atom stereocenters. The zero-order chi connectivity index (χ0) is 24.5. The smallest absolute Gasteiger partial charge is 0.407 e. The first-order valence-corrected chi connectivity index (χ1v) is 12.6. The molecule has 2 N–H and O–H groups in total. The fraction of sp³-hybridized carbons (Fsp3) is 0.464. The van der Waals surface area contributed by atoms with Gasteiger partial charge in [-0.3, -0.25) is 9.59 Å². The van der Waals surface area contributed by atoms with Crippen molar-refractivity contribution in [2.24, 2.45) is 17.8 Å². The third-order valence-electron chi connectivity index (χ3n) is 7.86. The lowest BCUT2D eigenvalue weighted by molar-refractivity contribution is -0.139. The van der Waals surface area contributed by atoms with Crippen LogP contribution < -0.4 is 5.32 Å². The maximum Gasteiger partial charge on any atom is 0.407 e. The number of aliphatic carboxylic acids is 1. The van der Waals surface area contributed by atoms with Crippen molar-refractivity contribution in [2.75, 3.05) is 19.7 Å². The van der Waals surface area contributed by atoms with Crippen LogP contribution in [0.5, 0.6) is 0 Å². The Morgan fingerprint density at radius 1 is 1.06 bits per heavy atom. The number of alkyl carbamates (subject to hydrolysis) is 1. The van der Waals surface area contributed by atoms with E-state index in [9.17, 15) is 19.5 Å². The summed E-state index contributed by atoms with van der Waals surface area (Å²) in [5.74, 6) is -0.821. The number of fused-ring (bicyclic) bond motifs is 4. The van der Waals surface area contributed by atoms with Gasteiger partial charge in [0.05, 0.1) is 5.92 Å². The highest BCUT2D eigenvalue weighted by atomic mass is 16.5. The second kappa shape index (κ2) is 9.72. The number of carbonyl (C=O) groups is 3. The second-order valence-electron chi connectivity index (χ2n) is 9.98. The van der Waals surface area contributed by atoms with Gasteiger partial charge in [0.1, 0.15) is 6.61 Å². The highest BCUT2D eigenvalue weighted by molar-refractivity contribution is 5.80. The number of piperidine rings is 1. The molecule has 3 aliphatic rings. The molecule has 2 aromatic rings. The zero-order valence-electron chi connectivity index (χ0n) is 20.0. The molecular weight excluding hydrogens is 444 g/mol. The van der Waals surface area contributed by atoms with Gasteiger partial charge in [0.2, 0.25) is 5.91 Å². The largest absolute Gasteiger partial charge is 0.481 e. The van der Waals surface area contributed by atoms with Gasteiger partial charge in [0.15, 0.2) is 0 Å². The first-order valence-electron chi connectivity index (χ1n) is 12.6. The van der Waals surface area contributed by atoms with E-state index >= 15 is 0 Å². The van der Waals surface area contributed by atoms with Crippen molar-refractivity contribution in [3.05, 3.63) is 59.7 Å². The second-order valence-corrected chi connectivity index (χ2v) is 9.98. The van der Waals surface area contributed by atoms with Gasteiger partial charge in [0, 0.05) is 31.5 Å². The number of likely N-dealkylation sites (tertiary alicyclic amines) is 1. The summed E-state index contributed by atoms with van der Waals surface area (Å²) in [7, 11) is 0. The number of hydrogen-bond donors (Lipinski definition) is 2. The van der Waals surface area contributed by atoms with Crippen LogP contribution in [0.2, 0.25) is 0 Å². The molecule has 2 amide bonds. The minimum absolute atomic E-state index is 0.0126. The first-order chi connectivity index (χ1) is 17.0. The molecule has 2 fully saturated rings. The summed E-state index contributed by atoms with van der Waals surface area (Å²) in [5, 5.41) is 12.2. The van der Waals surface area contributed by atoms with Crippen molar-refractivity contribution in [1.82, 2.24) is 10.2 Å². The predicted molar refractivity (Wildman–Crippen MR) is 131 cm³/mol. The molecule has 1 heterocycles. The molecule has 0 aromatic heterocycles. The highest BCUT2D eigenvalue weighted by Gasteiger charge is 2.57. The summed E-state index contributed by atoms with van der Waals surface area (Å²) in [4.78, 5) is 38.7. The summed E-state index contributed by atoms with van der Waals surface area (Å²) in [6.07, 6.45) is 1.93. The van der Waals surface area contributed by atoms with Gasteiger partial charge in [-0.05, 0) is 46.9 Å². The van der Waals surface area contributed by atoms with Crippen molar-refractivity contribution >= 4 is 18.0 Å². The van der Waals surface area contributed by atoms with E-state index < -0.39 is 12.1 Å². The van der Waals surface area contributed by atoms with Gasteiger partial charge in [-0.1, -0.05) is 61.9 Å². The van der Waals surface area contributed by atoms with E-state index in [1.807, 2.05) is 31.2 Å². The lowest BCUT2D eigenvalue weighted by atomic mass is 9.98. The Labute approximate surface area is 205 Å². The molecule has 2 aromatic carbocycles. The molecule has 35 heavy (non-hydrogen) atoms. The van der Waals surface area contributed by atoms with E-state index in [1.54, 1.807) is 4.90 Å². The van der Waals surface area contributed by atoms with Crippen LogP contribution in [0.4, 0.5) is 4.79 Å². The van der Waals surface area contributed by atoms with Crippen LogP contribution in [0.1, 0.15) is 49.7 Å². The predicted octanol–water partition coefficient (Wildman–Crippen LogP) is 4.26. The number of carboxylic acid groups (broad SMARTS) is 1. The van der Waals surface area contributed by atoms with E-state index in [0.717, 1.165) is 24.0 Å². The van der Waals surface area contributed by atoms with Crippen LogP contribution >= 0.6 is 0 Å². The number of amides is 2. The van der Waals surface area contributed by atoms with Gasteiger partial charge >= 0.3 is 12.1 Å². The minimum atomic E-state index is -0.755. The average molecular weight is 477 g/mol. The van der Waals surface area contributed by atoms with Crippen LogP contribution in [0, 0.1) is 17.8 Å². The molecule has 2 aliphatic carbocycles. The topological polar surface area (TPSA) is 95.9 Å². The van der Waals surface area contributed by atoms with Crippen LogP contribution in [0.3, 0.4) is 0 Å². The minimum Gasteiger partial charge on any atom is -0.481 e. The molecule has 7 heteroatoms. The number of rotatable bonds is 8. The summed E-state index contributed by atoms with van der Waals surface area (Å²) >= 11 is 0. The van der Waals surface area contributed by atoms with Gasteiger partial charge in [-0.2, -0.15) is 0 Å². The Bertz CT molecular complexity index is 1090. The molecule has 0 spiro atoms. The summed E-state index contributed by atoms with van der Waals surface area (Å²) in [5.41, 5.74) is 4.67. The third-order valence-corrected chi connectivity index (χ3v) is 7.86. The maximum absolute atomic E-state index is 12.9. The van der Waals surface area contributed by atoms with Crippen molar-refractivity contribution in [1.29, 1.82) is 0 Å². The van der Waals surface area contributed by atoms with Crippen molar-refractivity contribution in [3.8, 4) is 11.1 Å². The van der Waals surface area contributed by atoms with Gasteiger partial charge < -0.3 is 20.1 Å². The normalized spacial score (nSPS) is 23.0. The summed E-state index contributed by atoms with van der Waals surface area (Å²) < 4.78 is 5.67. The van der Waals surface area contributed by atoms with Crippen LogP contribution in [0.15, 0.2) is 48.5 Å². The third kappa shape index (κ3) is 4.64. The summed E-state index contributed by atoms with van der Waals surface area (Å²) in [6.45, 7) is 3.35. The Hall–Kier alpha value is -3.35. The van der Waals surface area contributed by atoms with Crippen molar-refractivity contribution < 1.29 is 24.2 Å². The number of benzene rings is 2.